The minimum Gasteiger partial charge on any atom is -0.316 e. The van der Waals surface area contributed by atoms with Gasteiger partial charge in [-0.1, -0.05) is 0 Å². The number of rotatable bonds is 5. The van der Waals surface area contributed by atoms with Crippen molar-refractivity contribution in [3.8, 4) is 0 Å². The number of H-pyrrole nitrogens is 1. The van der Waals surface area contributed by atoms with Crippen LogP contribution in [0.3, 0.4) is 0 Å². The lowest BCUT2D eigenvalue weighted by Crippen LogP contribution is -2.37. The molecule has 1 unspecified atom stereocenters. The molecular formula is C11H20N4O2S. The van der Waals surface area contributed by atoms with Gasteiger partial charge in [0.25, 0.3) is 0 Å². The van der Waals surface area contributed by atoms with Crippen LogP contribution in [0, 0.1) is 12.8 Å². The largest absolute Gasteiger partial charge is 0.316 e. The van der Waals surface area contributed by atoms with Gasteiger partial charge in [-0.2, -0.15) is 5.10 Å². The summed E-state index contributed by atoms with van der Waals surface area (Å²) in [5, 5.41) is 9.89. The summed E-state index contributed by atoms with van der Waals surface area (Å²) in [4.78, 5) is 0. The van der Waals surface area contributed by atoms with Crippen LogP contribution in [0.5, 0.6) is 0 Å². The zero-order chi connectivity index (χ0) is 13.0. The first kappa shape index (κ1) is 13.5. The van der Waals surface area contributed by atoms with Gasteiger partial charge >= 0.3 is 0 Å². The molecule has 1 aromatic rings. The predicted octanol–water partition coefficient (Wildman–Crippen LogP) is 0.137. The van der Waals surface area contributed by atoms with Gasteiger partial charge in [0.15, 0.2) is 0 Å². The van der Waals surface area contributed by atoms with Crippen molar-refractivity contribution in [2.45, 2.75) is 26.3 Å². The van der Waals surface area contributed by atoms with Crippen LogP contribution < -0.4 is 10.0 Å². The van der Waals surface area contributed by atoms with Crippen LogP contribution >= 0.6 is 0 Å². The summed E-state index contributed by atoms with van der Waals surface area (Å²) < 4.78 is 26.5. The van der Waals surface area contributed by atoms with E-state index in [1.54, 1.807) is 6.20 Å². The van der Waals surface area contributed by atoms with Gasteiger partial charge in [-0.25, -0.2) is 13.1 Å². The highest BCUT2D eigenvalue weighted by molar-refractivity contribution is 7.89. The smallest absolute Gasteiger partial charge is 0.212 e. The number of aromatic amines is 1. The third-order valence-electron chi connectivity index (χ3n) is 3.27. The molecule has 0 spiro atoms. The normalized spacial score (nSPS) is 21.1. The highest BCUT2D eigenvalue weighted by atomic mass is 32.2. The number of hydrogen-bond acceptors (Lipinski definition) is 4. The van der Waals surface area contributed by atoms with Crippen LogP contribution in [0.2, 0.25) is 0 Å². The number of hydrogen-bond donors (Lipinski definition) is 3. The van der Waals surface area contributed by atoms with E-state index in [4.69, 9.17) is 0 Å². The summed E-state index contributed by atoms with van der Waals surface area (Å²) in [5.41, 5.74) is 1.79. The van der Waals surface area contributed by atoms with Crippen LogP contribution in [0.1, 0.15) is 24.1 Å². The minimum absolute atomic E-state index is 0.205. The van der Waals surface area contributed by atoms with E-state index in [0.717, 1.165) is 37.2 Å². The zero-order valence-corrected chi connectivity index (χ0v) is 11.4. The maximum absolute atomic E-state index is 11.9. The number of nitrogens with zero attached hydrogens (tertiary/aromatic N) is 1. The van der Waals surface area contributed by atoms with Gasteiger partial charge in [-0.05, 0) is 38.8 Å². The zero-order valence-electron chi connectivity index (χ0n) is 10.6. The van der Waals surface area contributed by atoms with Crippen LogP contribution in [0.4, 0.5) is 0 Å². The van der Waals surface area contributed by atoms with E-state index in [2.05, 4.69) is 20.2 Å². The molecule has 102 valence electrons. The lowest BCUT2D eigenvalue weighted by molar-refractivity contribution is 0.402. The second kappa shape index (κ2) is 5.81. The molecule has 0 amide bonds. The Hall–Kier alpha value is -0.920. The van der Waals surface area contributed by atoms with E-state index >= 15 is 0 Å². The molecule has 1 aromatic heterocycles. The lowest BCUT2D eigenvalue weighted by Gasteiger charge is -2.22. The molecule has 0 aromatic carbocycles. The molecule has 1 aliphatic rings. The Kier molecular flexibility index (Phi) is 4.36. The summed E-state index contributed by atoms with van der Waals surface area (Å²) in [6, 6.07) is 0. The Balaban J connectivity index is 1.85. The van der Waals surface area contributed by atoms with E-state index in [1.807, 2.05) is 6.92 Å². The lowest BCUT2D eigenvalue weighted by atomic mass is 10.0. The summed E-state index contributed by atoms with van der Waals surface area (Å²) in [5.74, 6) is 0.429. The molecule has 3 N–H and O–H groups in total. The third kappa shape index (κ3) is 3.79. The maximum Gasteiger partial charge on any atom is 0.212 e. The molecule has 1 saturated heterocycles. The van der Waals surface area contributed by atoms with E-state index in [-0.39, 0.29) is 11.7 Å². The molecular weight excluding hydrogens is 252 g/mol. The second-order valence-corrected chi connectivity index (χ2v) is 6.69. The Morgan fingerprint density at radius 2 is 2.39 bits per heavy atom. The van der Waals surface area contributed by atoms with Crippen molar-refractivity contribution in [3.63, 3.8) is 0 Å². The van der Waals surface area contributed by atoms with Gasteiger partial charge in [0.2, 0.25) is 10.0 Å². The van der Waals surface area contributed by atoms with Crippen molar-refractivity contribution >= 4 is 10.0 Å². The van der Waals surface area contributed by atoms with Gasteiger partial charge in [0, 0.05) is 17.8 Å². The fourth-order valence-electron chi connectivity index (χ4n) is 2.18. The first-order valence-corrected chi connectivity index (χ1v) is 7.89. The standard InChI is InChI=1S/C11H20N4O2S/c1-9-11(6-13-15-9)7-14-18(16,17)8-10-3-2-4-12-5-10/h6,10,12,14H,2-5,7-8H2,1H3,(H,13,15). The molecule has 0 bridgehead atoms. The van der Waals surface area contributed by atoms with E-state index < -0.39 is 10.0 Å². The van der Waals surface area contributed by atoms with E-state index in [0.29, 0.717) is 6.54 Å². The third-order valence-corrected chi connectivity index (χ3v) is 4.77. The van der Waals surface area contributed by atoms with Crippen molar-refractivity contribution in [2.24, 2.45) is 5.92 Å². The Morgan fingerprint density at radius 3 is 3.00 bits per heavy atom. The van der Waals surface area contributed by atoms with Gasteiger partial charge in [-0.3, -0.25) is 5.10 Å². The molecule has 2 heterocycles. The minimum atomic E-state index is -3.21. The summed E-state index contributed by atoms with van der Waals surface area (Å²) >= 11 is 0. The highest BCUT2D eigenvalue weighted by Gasteiger charge is 2.21. The first-order chi connectivity index (χ1) is 8.57. The number of sulfonamides is 1. The predicted molar refractivity (Wildman–Crippen MR) is 69.5 cm³/mol. The van der Waals surface area contributed by atoms with Crippen LogP contribution in [0.25, 0.3) is 0 Å². The number of piperidine rings is 1. The summed E-state index contributed by atoms with van der Waals surface area (Å²) in [7, 11) is -3.21. The molecule has 1 fully saturated rings. The fourth-order valence-corrected chi connectivity index (χ4v) is 3.58. The first-order valence-electron chi connectivity index (χ1n) is 6.24. The molecule has 1 aliphatic heterocycles. The number of aryl methyl sites for hydroxylation is 1. The van der Waals surface area contributed by atoms with Crippen LogP contribution in [0.15, 0.2) is 6.20 Å². The van der Waals surface area contributed by atoms with Gasteiger partial charge in [0.1, 0.15) is 0 Å². The van der Waals surface area contributed by atoms with Crippen molar-refractivity contribution in [2.75, 3.05) is 18.8 Å². The molecule has 0 aliphatic carbocycles. The molecule has 6 nitrogen and oxygen atoms in total. The number of nitrogens with one attached hydrogen (secondary N) is 3. The van der Waals surface area contributed by atoms with Crippen molar-refractivity contribution in [3.05, 3.63) is 17.5 Å². The van der Waals surface area contributed by atoms with E-state index in [9.17, 15) is 8.42 Å². The molecule has 1 atom stereocenters. The van der Waals surface area contributed by atoms with Gasteiger partial charge in [-0.15, -0.1) is 0 Å². The van der Waals surface area contributed by atoms with Gasteiger partial charge < -0.3 is 5.32 Å². The second-order valence-electron chi connectivity index (χ2n) is 4.84. The summed E-state index contributed by atoms with van der Waals surface area (Å²) in [6.45, 7) is 3.98. The van der Waals surface area contributed by atoms with Crippen molar-refractivity contribution in [1.29, 1.82) is 0 Å². The fraction of sp³-hybridized carbons (Fsp3) is 0.727. The molecule has 7 heteroatoms. The van der Waals surface area contributed by atoms with Gasteiger partial charge in [0.05, 0.1) is 11.9 Å². The average molecular weight is 272 g/mol. The van der Waals surface area contributed by atoms with Crippen molar-refractivity contribution < 1.29 is 8.42 Å². The quantitative estimate of drug-likeness (QED) is 0.711. The molecule has 0 saturated carbocycles. The number of aromatic nitrogens is 2. The Morgan fingerprint density at radius 1 is 1.56 bits per heavy atom. The SMILES string of the molecule is Cc1[nH]ncc1CNS(=O)(=O)CC1CCCNC1. The Bertz CT molecular complexity index is 477. The topological polar surface area (TPSA) is 86.9 Å². The molecule has 18 heavy (non-hydrogen) atoms. The molecule has 0 radical (unpaired) electrons. The molecule has 2 rings (SSSR count). The van der Waals surface area contributed by atoms with Crippen molar-refractivity contribution in [1.82, 2.24) is 20.2 Å². The average Bonchev–Trinajstić information content (AvgIpc) is 2.73. The van der Waals surface area contributed by atoms with Crippen LogP contribution in [-0.2, 0) is 16.6 Å². The Labute approximate surface area is 108 Å². The maximum atomic E-state index is 11.9. The monoisotopic (exact) mass is 272 g/mol. The summed E-state index contributed by atoms with van der Waals surface area (Å²) in [6.07, 6.45) is 3.69. The van der Waals surface area contributed by atoms with E-state index in [1.165, 1.54) is 0 Å². The van der Waals surface area contributed by atoms with Crippen LogP contribution in [-0.4, -0.2) is 37.5 Å². The highest BCUT2D eigenvalue weighted by Crippen LogP contribution is 2.12.